The van der Waals surface area contributed by atoms with Crippen molar-refractivity contribution in [1.29, 1.82) is 0 Å². The van der Waals surface area contributed by atoms with E-state index >= 15 is 0 Å². The minimum Gasteiger partial charge on any atom is -0.437 e. The fourth-order valence-electron chi connectivity index (χ4n) is 1.84. The summed E-state index contributed by atoms with van der Waals surface area (Å²) in [5.74, 6) is -0.774. The largest absolute Gasteiger partial charge is 0.437 e. The van der Waals surface area contributed by atoms with E-state index in [-0.39, 0.29) is 23.8 Å². The molecule has 0 atom stereocenters. The van der Waals surface area contributed by atoms with Crippen LogP contribution in [0, 0.1) is 0 Å². The van der Waals surface area contributed by atoms with Gasteiger partial charge >= 0.3 is 6.18 Å². The lowest BCUT2D eigenvalue weighted by Gasteiger charge is -2.09. The normalized spacial score (nSPS) is 11.4. The second-order valence-electron chi connectivity index (χ2n) is 4.70. The van der Waals surface area contributed by atoms with Crippen LogP contribution in [0.4, 0.5) is 13.2 Å². The van der Waals surface area contributed by atoms with Gasteiger partial charge in [0.25, 0.3) is 11.8 Å². The Labute approximate surface area is 136 Å². The number of alkyl halides is 3. The predicted molar refractivity (Wildman–Crippen MR) is 78.5 cm³/mol. The molecule has 1 aromatic heterocycles. The molecule has 0 unspecified atom stereocenters. The Morgan fingerprint density at radius 1 is 1.33 bits per heavy atom. The van der Waals surface area contributed by atoms with Crippen molar-refractivity contribution in [1.82, 2.24) is 15.3 Å². The van der Waals surface area contributed by atoms with E-state index in [1.807, 2.05) is 0 Å². The summed E-state index contributed by atoms with van der Waals surface area (Å²) in [6.07, 6.45) is -3.06. The van der Waals surface area contributed by atoms with Gasteiger partial charge < -0.3 is 4.74 Å². The first-order chi connectivity index (χ1) is 11.3. The summed E-state index contributed by atoms with van der Waals surface area (Å²) in [6.45, 7) is 4.21. The van der Waals surface area contributed by atoms with Crippen molar-refractivity contribution < 1.29 is 27.5 Å². The fraction of sp³-hybridized carbons (Fsp3) is 0.333. The molecule has 0 saturated carbocycles. The number of hydrogen-bond acceptors (Lipinski definition) is 4. The van der Waals surface area contributed by atoms with Gasteiger partial charge in [-0.1, -0.05) is 6.07 Å². The Morgan fingerprint density at radius 3 is 2.71 bits per heavy atom. The number of aromatic nitrogens is 2. The Balaban J connectivity index is 2.29. The van der Waals surface area contributed by atoms with E-state index < -0.39 is 17.6 Å². The van der Waals surface area contributed by atoms with Crippen molar-refractivity contribution in [2.24, 2.45) is 0 Å². The number of ether oxygens (including phenoxy) is 1. The van der Waals surface area contributed by atoms with Gasteiger partial charge in [-0.05, 0) is 32.0 Å². The molecule has 0 saturated heterocycles. The lowest BCUT2D eigenvalue weighted by Crippen LogP contribution is -2.23. The van der Waals surface area contributed by atoms with E-state index in [1.54, 1.807) is 13.8 Å². The number of hydrogen-bond donors (Lipinski definition) is 1. The first-order valence-corrected chi connectivity index (χ1v) is 7.19. The molecule has 0 fully saturated rings. The van der Waals surface area contributed by atoms with Gasteiger partial charge in [-0.2, -0.15) is 13.2 Å². The number of carbonyl (C=O) groups is 1. The van der Waals surface area contributed by atoms with Crippen LogP contribution in [0.1, 0.15) is 29.8 Å². The minimum atomic E-state index is -4.49. The van der Waals surface area contributed by atoms with Gasteiger partial charge in [0.1, 0.15) is 11.3 Å². The molecule has 0 aliphatic carbocycles. The molecule has 2 aromatic rings. The molecule has 0 spiro atoms. The zero-order valence-electron chi connectivity index (χ0n) is 13.1. The zero-order valence-corrected chi connectivity index (χ0v) is 13.1. The highest BCUT2D eigenvalue weighted by atomic mass is 19.4. The van der Waals surface area contributed by atoms with Crippen LogP contribution in [-0.2, 0) is 17.6 Å². The lowest BCUT2D eigenvalue weighted by molar-refractivity contribution is -0.137. The molecule has 0 bridgehead atoms. The van der Waals surface area contributed by atoms with E-state index in [2.05, 4.69) is 10.6 Å². The average molecular weight is 343 g/mol. The van der Waals surface area contributed by atoms with Gasteiger partial charge in [0.15, 0.2) is 0 Å². The smallest absolute Gasteiger partial charge is 0.416 e. The van der Waals surface area contributed by atoms with E-state index in [0.29, 0.717) is 6.54 Å². The number of amides is 1. The summed E-state index contributed by atoms with van der Waals surface area (Å²) in [5, 5.41) is 4.04. The standard InChI is InChI=1S/C15H16F3N3O3/c1-3-21-9-12(13(22)20-23-4-2)14(19-21)24-11-7-5-6-10(8-11)15(16,17)18/h5-9H,3-4H2,1-2H3,(H,20,22). The summed E-state index contributed by atoms with van der Waals surface area (Å²) >= 11 is 0. The Morgan fingerprint density at radius 2 is 2.08 bits per heavy atom. The van der Waals surface area contributed by atoms with E-state index in [9.17, 15) is 18.0 Å². The molecule has 1 amide bonds. The maximum absolute atomic E-state index is 12.8. The molecule has 24 heavy (non-hydrogen) atoms. The Kier molecular flexibility index (Phi) is 5.45. The number of rotatable bonds is 6. The molecular formula is C15H16F3N3O3. The number of halogens is 3. The monoisotopic (exact) mass is 343 g/mol. The molecule has 1 N–H and O–H groups in total. The van der Waals surface area contributed by atoms with E-state index in [0.717, 1.165) is 12.1 Å². The number of carbonyl (C=O) groups excluding carboxylic acids is 1. The van der Waals surface area contributed by atoms with Crippen molar-refractivity contribution in [3.63, 3.8) is 0 Å². The van der Waals surface area contributed by atoms with Crippen molar-refractivity contribution >= 4 is 5.91 Å². The average Bonchev–Trinajstić information content (AvgIpc) is 2.95. The van der Waals surface area contributed by atoms with Gasteiger partial charge in [0, 0.05) is 12.7 Å². The molecule has 6 nitrogen and oxygen atoms in total. The van der Waals surface area contributed by atoms with Crippen LogP contribution in [0.2, 0.25) is 0 Å². The van der Waals surface area contributed by atoms with Crippen LogP contribution < -0.4 is 10.2 Å². The molecule has 0 aliphatic rings. The maximum Gasteiger partial charge on any atom is 0.416 e. The summed E-state index contributed by atoms with van der Waals surface area (Å²) < 4.78 is 45.1. The SMILES string of the molecule is CCONC(=O)c1cn(CC)nc1Oc1cccc(C(F)(F)F)c1. The topological polar surface area (TPSA) is 65.4 Å². The number of hydroxylamine groups is 1. The molecule has 9 heteroatoms. The molecule has 130 valence electrons. The van der Waals surface area contributed by atoms with Crippen molar-refractivity contribution in [3.8, 4) is 11.6 Å². The van der Waals surface area contributed by atoms with E-state index in [4.69, 9.17) is 9.57 Å². The fourth-order valence-corrected chi connectivity index (χ4v) is 1.84. The van der Waals surface area contributed by atoms with Crippen LogP contribution in [-0.4, -0.2) is 22.3 Å². The predicted octanol–water partition coefficient (Wildman–Crippen LogP) is 3.40. The maximum atomic E-state index is 12.8. The minimum absolute atomic E-state index is 0.0581. The Hall–Kier alpha value is -2.55. The number of nitrogens with zero attached hydrogens (tertiary/aromatic N) is 2. The number of aryl methyl sites for hydroxylation is 1. The van der Waals surface area contributed by atoms with Crippen LogP contribution in [0.5, 0.6) is 11.6 Å². The third-order valence-corrected chi connectivity index (χ3v) is 2.98. The quantitative estimate of drug-likeness (QED) is 0.817. The zero-order chi connectivity index (χ0) is 17.7. The Bertz CT molecular complexity index is 713. The van der Waals surface area contributed by atoms with E-state index in [1.165, 1.54) is 23.0 Å². The van der Waals surface area contributed by atoms with Gasteiger partial charge in [0.05, 0.1) is 12.2 Å². The van der Waals surface area contributed by atoms with Crippen LogP contribution in [0.25, 0.3) is 0 Å². The van der Waals surface area contributed by atoms with Crippen molar-refractivity contribution in [2.45, 2.75) is 26.6 Å². The first kappa shape index (κ1) is 17.8. The van der Waals surface area contributed by atoms with Gasteiger partial charge in [-0.15, -0.1) is 5.10 Å². The summed E-state index contributed by atoms with van der Waals surface area (Å²) in [6, 6.07) is 4.34. The molecule has 1 aromatic carbocycles. The molecular weight excluding hydrogens is 327 g/mol. The highest BCUT2D eigenvalue weighted by Gasteiger charge is 2.31. The lowest BCUT2D eigenvalue weighted by atomic mass is 10.2. The van der Waals surface area contributed by atoms with Crippen molar-refractivity contribution in [2.75, 3.05) is 6.61 Å². The highest BCUT2D eigenvalue weighted by Crippen LogP contribution is 2.33. The molecule has 2 rings (SSSR count). The molecule has 0 radical (unpaired) electrons. The second kappa shape index (κ2) is 7.35. The second-order valence-corrected chi connectivity index (χ2v) is 4.70. The van der Waals surface area contributed by atoms with Crippen LogP contribution in [0.3, 0.4) is 0 Å². The number of benzene rings is 1. The highest BCUT2D eigenvalue weighted by molar-refractivity contribution is 5.95. The van der Waals surface area contributed by atoms with Crippen molar-refractivity contribution in [3.05, 3.63) is 41.6 Å². The molecule has 0 aliphatic heterocycles. The van der Waals surface area contributed by atoms with Gasteiger partial charge in [-0.25, -0.2) is 5.48 Å². The van der Waals surface area contributed by atoms with Gasteiger partial charge in [-0.3, -0.25) is 14.3 Å². The first-order valence-electron chi connectivity index (χ1n) is 7.19. The van der Waals surface area contributed by atoms with Crippen LogP contribution in [0.15, 0.2) is 30.5 Å². The summed E-state index contributed by atoms with van der Waals surface area (Å²) in [5.41, 5.74) is 1.40. The third kappa shape index (κ3) is 4.25. The number of nitrogens with one attached hydrogen (secondary N) is 1. The molecule has 1 heterocycles. The summed E-state index contributed by atoms with van der Waals surface area (Å²) in [7, 11) is 0. The third-order valence-electron chi connectivity index (χ3n) is 2.98. The van der Waals surface area contributed by atoms with Crippen LogP contribution >= 0.6 is 0 Å². The summed E-state index contributed by atoms with van der Waals surface area (Å²) in [4.78, 5) is 16.8. The van der Waals surface area contributed by atoms with Gasteiger partial charge in [0.2, 0.25) is 0 Å².